The van der Waals surface area contributed by atoms with Crippen LogP contribution in [-0.2, 0) is 11.2 Å². The van der Waals surface area contributed by atoms with Gasteiger partial charge in [-0.05, 0) is 31.4 Å². The van der Waals surface area contributed by atoms with Gasteiger partial charge in [-0.25, -0.2) is 0 Å². The molecule has 1 unspecified atom stereocenters. The third-order valence-corrected chi connectivity index (χ3v) is 2.06. The van der Waals surface area contributed by atoms with Crippen LogP contribution in [0.25, 0.3) is 0 Å². The van der Waals surface area contributed by atoms with Crippen LogP contribution in [0.15, 0.2) is 24.5 Å². The standard InChI is InChI=1S/C11H18N2O/c1-2-14-7-5-11(12)8-10-4-3-6-13-9-10/h3-4,6,9,11H,2,5,7-8,12H2,1H3. The summed E-state index contributed by atoms with van der Waals surface area (Å²) in [6.07, 6.45) is 5.42. The third kappa shape index (κ3) is 4.35. The fourth-order valence-corrected chi connectivity index (χ4v) is 1.30. The normalized spacial score (nSPS) is 12.7. The predicted molar refractivity (Wildman–Crippen MR) is 57.0 cm³/mol. The van der Waals surface area contributed by atoms with Gasteiger partial charge in [0.2, 0.25) is 0 Å². The van der Waals surface area contributed by atoms with E-state index in [-0.39, 0.29) is 6.04 Å². The molecule has 1 heterocycles. The first-order valence-corrected chi connectivity index (χ1v) is 5.05. The Bertz CT molecular complexity index is 238. The van der Waals surface area contributed by atoms with E-state index in [9.17, 15) is 0 Å². The molecule has 2 N–H and O–H groups in total. The lowest BCUT2D eigenvalue weighted by atomic mass is 10.1. The van der Waals surface area contributed by atoms with Gasteiger partial charge in [-0.1, -0.05) is 6.07 Å². The Labute approximate surface area is 85.3 Å². The largest absolute Gasteiger partial charge is 0.382 e. The number of hydrogen-bond donors (Lipinski definition) is 1. The molecule has 0 aliphatic carbocycles. The molecule has 0 radical (unpaired) electrons. The molecule has 0 aliphatic heterocycles. The van der Waals surface area contributed by atoms with Gasteiger partial charge in [0.05, 0.1) is 0 Å². The van der Waals surface area contributed by atoms with Crippen molar-refractivity contribution in [2.75, 3.05) is 13.2 Å². The van der Waals surface area contributed by atoms with E-state index in [1.807, 2.05) is 25.3 Å². The number of rotatable bonds is 6. The van der Waals surface area contributed by atoms with E-state index in [4.69, 9.17) is 10.5 Å². The molecule has 0 aliphatic rings. The average Bonchev–Trinajstić information content (AvgIpc) is 2.20. The number of aromatic nitrogens is 1. The summed E-state index contributed by atoms with van der Waals surface area (Å²) in [5.74, 6) is 0. The Morgan fingerprint density at radius 2 is 2.43 bits per heavy atom. The van der Waals surface area contributed by atoms with Crippen molar-refractivity contribution in [3.05, 3.63) is 30.1 Å². The van der Waals surface area contributed by atoms with Crippen LogP contribution in [0, 0.1) is 0 Å². The van der Waals surface area contributed by atoms with E-state index in [0.717, 1.165) is 26.1 Å². The quantitative estimate of drug-likeness (QED) is 0.696. The monoisotopic (exact) mass is 194 g/mol. The van der Waals surface area contributed by atoms with Crippen molar-refractivity contribution in [1.82, 2.24) is 4.98 Å². The first-order chi connectivity index (χ1) is 6.83. The van der Waals surface area contributed by atoms with E-state index in [1.165, 1.54) is 5.56 Å². The van der Waals surface area contributed by atoms with Crippen LogP contribution in [0.2, 0.25) is 0 Å². The summed E-state index contributed by atoms with van der Waals surface area (Å²) in [5, 5.41) is 0. The molecule has 0 saturated heterocycles. The lowest BCUT2D eigenvalue weighted by Gasteiger charge is -2.10. The molecule has 3 nitrogen and oxygen atoms in total. The molecule has 78 valence electrons. The molecule has 3 heteroatoms. The SMILES string of the molecule is CCOCCC(N)Cc1cccnc1. The number of hydrogen-bond acceptors (Lipinski definition) is 3. The van der Waals surface area contributed by atoms with Gasteiger partial charge in [0.15, 0.2) is 0 Å². The van der Waals surface area contributed by atoms with Crippen LogP contribution in [-0.4, -0.2) is 24.2 Å². The maximum Gasteiger partial charge on any atom is 0.0480 e. The zero-order valence-corrected chi connectivity index (χ0v) is 8.65. The molecule has 0 spiro atoms. The molecule has 1 rings (SSSR count). The van der Waals surface area contributed by atoms with E-state index in [0.29, 0.717) is 0 Å². The van der Waals surface area contributed by atoms with Crippen LogP contribution >= 0.6 is 0 Å². The highest BCUT2D eigenvalue weighted by atomic mass is 16.5. The Hall–Kier alpha value is -0.930. The second-order valence-corrected chi connectivity index (χ2v) is 3.31. The van der Waals surface area contributed by atoms with Gasteiger partial charge in [-0.3, -0.25) is 4.98 Å². The lowest BCUT2D eigenvalue weighted by molar-refractivity contribution is 0.140. The molecular weight excluding hydrogens is 176 g/mol. The van der Waals surface area contributed by atoms with Crippen molar-refractivity contribution in [3.63, 3.8) is 0 Å². The molecule has 0 fully saturated rings. The van der Waals surface area contributed by atoms with Gasteiger partial charge in [0, 0.05) is 31.6 Å². The maximum absolute atomic E-state index is 5.94. The van der Waals surface area contributed by atoms with Crippen molar-refractivity contribution >= 4 is 0 Å². The van der Waals surface area contributed by atoms with Crippen molar-refractivity contribution in [1.29, 1.82) is 0 Å². The summed E-state index contributed by atoms with van der Waals surface area (Å²) < 4.78 is 5.25. The summed E-state index contributed by atoms with van der Waals surface area (Å²) in [5.41, 5.74) is 7.13. The molecule has 0 bridgehead atoms. The smallest absolute Gasteiger partial charge is 0.0480 e. The lowest BCUT2D eigenvalue weighted by Crippen LogP contribution is -2.24. The third-order valence-electron chi connectivity index (χ3n) is 2.06. The molecule has 1 aromatic rings. The van der Waals surface area contributed by atoms with Crippen molar-refractivity contribution < 1.29 is 4.74 Å². The highest BCUT2D eigenvalue weighted by Crippen LogP contribution is 2.02. The van der Waals surface area contributed by atoms with Crippen molar-refractivity contribution in [2.24, 2.45) is 5.73 Å². The zero-order chi connectivity index (χ0) is 10.2. The number of pyridine rings is 1. The van der Waals surface area contributed by atoms with Gasteiger partial charge >= 0.3 is 0 Å². The maximum atomic E-state index is 5.94. The number of nitrogens with zero attached hydrogens (tertiary/aromatic N) is 1. The number of ether oxygens (including phenoxy) is 1. The first kappa shape index (κ1) is 11.1. The Balaban J connectivity index is 2.23. The van der Waals surface area contributed by atoms with Crippen LogP contribution < -0.4 is 5.73 Å². The Kier molecular flexibility index (Phi) is 5.19. The first-order valence-electron chi connectivity index (χ1n) is 5.05. The molecule has 0 saturated carbocycles. The zero-order valence-electron chi connectivity index (χ0n) is 8.65. The predicted octanol–water partition coefficient (Wildman–Crippen LogP) is 1.38. The van der Waals surface area contributed by atoms with Crippen molar-refractivity contribution in [3.8, 4) is 0 Å². The molecule has 0 amide bonds. The van der Waals surface area contributed by atoms with Gasteiger partial charge in [-0.15, -0.1) is 0 Å². The molecular formula is C11H18N2O. The van der Waals surface area contributed by atoms with E-state index < -0.39 is 0 Å². The van der Waals surface area contributed by atoms with Crippen LogP contribution in [0.5, 0.6) is 0 Å². The Morgan fingerprint density at radius 3 is 3.07 bits per heavy atom. The fraction of sp³-hybridized carbons (Fsp3) is 0.545. The van der Waals surface area contributed by atoms with Gasteiger partial charge in [0.25, 0.3) is 0 Å². The summed E-state index contributed by atoms with van der Waals surface area (Å²) in [6, 6.07) is 4.16. The van der Waals surface area contributed by atoms with E-state index in [2.05, 4.69) is 4.98 Å². The average molecular weight is 194 g/mol. The van der Waals surface area contributed by atoms with Gasteiger partial charge in [0.1, 0.15) is 0 Å². The summed E-state index contributed by atoms with van der Waals surface area (Å²) in [6.45, 7) is 3.50. The number of nitrogens with two attached hydrogens (primary N) is 1. The highest BCUT2D eigenvalue weighted by molar-refractivity contribution is 5.09. The molecule has 1 aromatic heterocycles. The topological polar surface area (TPSA) is 48.1 Å². The minimum absolute atomic E-state index is 0.172. The second kappa shape index (κ2) is 6.51. The second-order valence-electron chi connectivity index (χ2n) is 3.31. The van der Waals surface area contributed by atoms with Crippen LogP contribution in [0.1, 0.15) is 18.9 Å². The fourth-order valence-electron chi connectivity index (χ4n) is 1.30. The minimum atomic E-state index is 0.172. The van der Waals surface area contributed by atoms with Crippen LogP contribution in [0.4, 0.5) is 0 Å². The van der Waals surface area contributed by atoms with Gasteiger partial charge < -0.3 is 10.5 Å². The van der Waals surface area contributed by atoms with Crippen LogP contribution in [0.3, 0.4) is 0 Å². The summed E-state index contributed by atoms with van der Waals surface area (Å²) in [4.78, 5) is 4.05. The minimum Gasteiger partial charge on any atom is -0.382 e. The summed E-state index contributed by atoms with van der Waals surface area (Å²) in [7, 11) is 0. The van der Waals surface area contributed by atoms with Crippen molar-refractivity contribution in [2.45, 2.75) is 25.8 Å². The highest BCUT2D eigenvalue weighted by Gasteiger charge is 2.03. The molecule has 1 atom stereocenters. The molecule has 0 aromatic carbocycles. The summed E-state index contributed by atoms with van der Waals surface area (Å²) >= 11 is 0. The van der Waals surface area contributed by atoms with E-state index in [1.54, 1.807) is 6.20 Å². The molecule has 14 heavy (non-hydrogen) atoms. The Morgan fingerprint density at radius 1 is 1.57 bits per heavy atom. The van der Waals surface area contributed by atoms with Gasteiger partial charge in [-0.2, -0.15) is 0 Å². The van der Waals surface area contributed by atoms with E-state index >= 15 is 0 Å².